The molecule has 128 valence electrons. The zero-order chi connectivity index (χ0) is 16.8. The fourth-order valence-corrected chi connectivity index (χ4v) is 2.68. The number of carbonyl (C=O) groups is 1. The first-order valence-corrected chi connectivity index (χ1v) is 8.09. The van der Waals surface area contributed by atoms with Crippen LogP contribution >= 0.6 is 0 Å². The first-order valence-electron chi connectivity index (χ1n) is 8.09. The molecule has 2 atom stereocenters. The first-order chi connectivity index (χ1) is 11.0. The van der Waals surface area contributed by atoms with Gasteiger partial charge in [-0.2, -0.15) is 0 Å². The lowest BCUT2D eigenvalue weighted by Gasteiger charge is -2.35. The van der Waals surface area contributed by atoms with Crippen molar-refractivity contribution in [2.45, 2.75) is 25.9 Å². The average molecular weight is 323 g/mol. The average Bonchev–Trinajstić information content (AvgIpc) is 2.55. The molecule has 0 aliphatic carbocycles. The Morgan fingerprint density at radius 1 is 1.39 bits per heavy atom. The van der Waals surface area contributed by atoms with Gasteiger partial charge in [0.1, 0.15) is 5.82 Å². The van der Waals surface area contributed by atoms with Crippen molar-refractivity contribution in [2.75, 3.05) is 32.8 Å². The maximum Gasteiger partial charge on any atom is 0.237 e. The number of rotatable bonds is 6. The molecular formula is C17H26FN3O2. The van der Waals surface area contributed by atoms with Gasteiger partial charge in [0, 0.05) is 19.6 Å². The molecule has 1 aromatic carbocycles. The molecular weight excluding hydrogens is 297 g/mol. The van der Waals surface area contributed by atoms with Gasteiger partial charge in [0.25, 0.3) is 0 Å². The van der Waals surface area contributed by atoms with Crippen molar-refractivity contribution in [1.29, 1.82) is 0 Å². The molecule has 1 aliphatic heterocycles. The number of nitrogens with two attached hydrogens (primary N) is 1. The van der Waals surface area contributed by atoms with E-state index in [2.05, 4.69) is 10.2 Å². The maximum absolute atomic E-state index is 13.6. The molecule has 0 radical (unpaired) electrons. The predicted molar refractivity (Wildman–Crippen MR) is 87.4 cm³/mol. The first kappa shape index (κ1) is 17.8. The van der Waals surface area contributed by atoms with E-state index in [1.807, 2.05) is 19.9 Å². The highest BCUT2D eigenvalue weighted by atomic mass is 19.1. The quantitative estimate of drug-likeness (QED) is 0.828. The normalized spacial score (nSPS) is 18.7. The van der Waals surface area contributed by atoms with Gasteiger partial charge in [-0.15, -0.1) is 0 Å². The monoisotopic (exact) mass is 323 g/mol. The highest BCUT2D eigenvalue weighted by molar-refractivity contribution is 5.81. The van der Waals surface area contributed by atoms with Crippen molar-refractivity contribution in [3.8, 4) is 0 Å². The summed E-state index contributed by atoms with van der Waals surface area (Å²) in [4.78, 5) is 14.3. The molecule has 6 heteroatoms. The summed E-state index contributed by atoms with van der Waals surface area (Å²) in [5.41, 5.74) is 6.73. The molecule has 1 fully saturated rings. The van der Waals surface area contributed by atoms with Crippen LogP contribution in [-0.4, -0.2) is 49.7 Å². The molecule has 1 aromatic rings. The Labute approximate surface area is 137 Å². The number of ether oxygens (including phenoxy) is 1. The third-order valence-corrected chi connectivity index (χ3v) is 4.21. The molecule has 2 rings (SSSR count). The summed E-state index contributed by atoms with van der Waals surface area (Å²) in [5, 5.41) is 2.91. The van der Waals surface area contributed by atoms with E-state index in [4.69, 9.17) is 10.5 Å². The molecule has 1 saturated heterocycles. The van der Waals surface area contributed by atoms with Crippen molar-refractivity contribution >= 4 is 5.91 Å². The van der Waals surface area contributed by atoms with Crippen molar-refractivity contribution in [2.24, 2.45) is 11.7 Å². The summed E-state index contributed by atoms with van der Waals surface area (Å²) in [6.45, 7) is 7.03. The number of nitrogens with one attached hydrogen (secondary N) is 1. The van der Waals surface area contributed by atoms with Crippen molar-refractivity contribution in [3.05, 3.63) is 35.6 Å². The number of halogens is 1. The van der Waals surface area contributed by atoms with Crippen molar-refractivity contribution in [1.82, 2.24) is 10.2 Å². The van der Waals surface area contributed by atoms with Gasteiger partial charge < -0.3 is 15.8 Å². The minimum absolute atomic E-state index is 0.0750. The van der Waals surface area contributed by atoms with E-state index in [0.717, 1.165) is 18.7 Å². The molecule has 5 nitrogen and oxygen atoms in total. The van der Waals surface area contributed by atoms with Crippen LogP contribution in [0.3, 0.4) is 0 Å². The summed E-state index contributed by atoms with van der Waals surface area (Å²) in [6, 6.07) is 5.91. The van der Waals surface area contributed by atoms with E-state index >= 15 is 0 Å². The number of amides is 1. The summed E-state index contributed by atoms with van der Waals surface area (Å²) < 4.78 is 19.0. The summed E-state index contributed by atoms with van der Waals surface area (Å²) in [5.74, 6) is -0.369. The van der Waals surface area contributed by atoms with E-state index < -0.39 is 6.04 Å². The smallest absolute Gasteiger partial charge is 0.237 e. The fourth-order valence-electron chi connectivity index (χ4n) is 2.68. The molecule has 1 aliphatic rings. The van der Waals surface area contributed by atoms with Gasteiger partial charge in [0.15, 0.2) is 0 Å². The minimum Gasteiger partial charge on any atom is -0.379 e. The Morgan fingerprint density at radius 2 is 2.09 bits per heavy atom. The Balaban J connectivity index is 2.09. The van der Waals surface area contributed by atoms with Crippen LogP contribution in [0.1, 0.15) is 25.5 Å². The van der Waals surface area contributed by atoms with Crippen LogP contribution in [0.2, 0.25) is 0 Å². The number of benzene rings is 1. The third-order valence-electron chi connectivity index (χ3n) is 4.21. The van der Waals surface area contributed by atoms with Crippen LogP contribution in [0.4, 0.5) is 4.39 Å². The standard InChI is InChI=1S/C17H26FN3O2/c1-12(2)16(19)17(22)20-11-15(21-6-8-23-9-7-21)13-4-3-5-14(18)10-13/h3-5,10,12,15-16H,6-9,11,19H2,1-2H3,(H,20,22)/t15?,16-/m0/s1. The molecule has 1 unspecified atom stereocenters. The van der Waals surface area contributed by atoms with E-state index in [-0.39, 0.29) is 23.7 Å². The minimum atomic E-state index is -0.534. The van der Waals surface area contributed by atoms with Gasteiger partial charge in [-0.25, -0.2) is 4.39 Å². The fraction of sp³-hybridized carbons (Fsp3) is 0.588. The van der Waals surface area contributed by atoms with Gasteiger partial charge in [0.05, 0.1) is 25.3 Å². The Morgan fingerprint density at radius 3 is 2.70 bits per heavy atom. The topological polar surface area (TPSA) is 67.6 Å². The zero-order valence-electron chi connectivity index (χ0n) is 13.8. The van der Waals surface area contributed by atoms with Crippen LogP contribution in [-0.2, 0) is 9.53 Å². The van der Waals surface area contributed by atoms with Crippen LogP contribution < -0.4 is 11.1 Å². The number of hydrogen-bond donors (Lipinski definition) is 2. The van der Waals surface area contributed by atoms with Gasteiger partial charge >= 0.3 is 0 Å². The second kappa shape index (κ2) is 8.38. The molecule has 23 heavy (non-hydrogen) atoms. The summed E-state index contributed by atoms with van der Waals surface area (Å²) in [6.07, 6.45) is 0. The lowest BCUT2D eigenvalue weighted by Crippen LogP contribution is -2.48. The summed E-state index contributed by atoms with van der Waals surface area (Å²) >= 11 is 0. The van der Waals surface area contributed by atoms with E-state index in [1.54, 1.807) is 6.07 Å². The molecule has 1 amide bonds. The van der Waals surface area contributed by atoms with Crippen molar-refractivity contribution in [3.63, 3.8) is 0 Å². The van der Waals surface area contributed by atoms with Crippen LogP contribution in [0.25, 0.3) is 0 Å². The van der Waals surface area contributed by atoms with Crippen molar-refractivity contribution < 1.29 is 13.9 Å². The Bertz CT molecular complexity index is 518. The Hall–Kier alpha value is -1.50. The largest absolute Gasteiger partial charge is 0.379 e. The zero-order valence-corrected chi connectivity index (χ0v) is 13.8. The molecule has 3 N–H and O–H groups in total. The molecule has 0 bridgehead atoms. The summed E-state index contributed by atoms with van der Waals surface area (Å²) in [7, 11) is 0. The highest BCUT2D eigenvalue weighted by Crippen LogP contribution is 2.22. The second-order valence-corrected chi connectivity index (χ2v) is 6.23. The molecule has 1 heterocycles. The number of nitrogens with zero attached hydrogens (tertiary/aromatic N) is 1. The van der Waals surface area contributed by atoms with E-state index in [0.29, 0.717) is 19.8 Å². The second-order valence-electron chi connectivity index (χ2n) is 6.23. The predicted octanol–water partition coefficient (Wildman–Crippen LogP) is 1.30. The number of carbonyl (C=O) groups excluding carboxylic acids is 1. The SMILES string of the molecule is CC(C)[C@H](N)C(=O)NCC(c1cccc(F)c1)N1CCOCC1. The molecule has 0 saturated carbocycles. The van der Waals surface area contributed by atoms with Crippen LogP contribution in [0, 0.1) is 11.7 Å². The molecule has 0 spiro atoms. The third kappa shape index (κ3) is 4.99. The van der Waals surface area contributed by atoms with Gasteiger partial charge in [-0.1, -0.05) is 26.0 Å². The van der Waals surface area contributed by atoms with Gasteiger partial charge in [0.2, 0.25) is 5.91 Å². The van der Waals surface area contributed by atoms with E-state index in [1.165, 1.54) is 12.1 Å². The lowest BCUT2D eigenvalue weighted by atomic mass is 10.0. The van der Waals surface area contributed by atoms with Gasteiger partial charge in [-0.05, 0) is 23.6 Å². The van der Waals surface area contributed by atoms with Gasteiger partial charge in [-0.3, -0.25) is 9.69 Å². The maximum atomic E-state index is 13.6. The van der Waals surface area contributed by atoms with Crippen LogP contribution in [0.5, 0.6) is 0 Å². The number of morpholine rings is 1. The number of hydrogen-bond acceptors (Lipinski definition) is 4. The Kier molecular flexibility index (Phi) is 6.50. The highest BCUT2D eigenvalue weighted by Gasteiger charge is 2.25. The van der Waals surface area contributed by atoms with Crippen LogP contribution in [0.15, 0.2) is 24.3 Å². The molecule has 0 aromatic heterocycles. The lowest BCUT2D eigenvalue weighted by molar-refractivity contribution is -0.123. The van der Waals surface area contributed by atoms with E-state index in [9.17, 15) is 9.18 Å².